The summed E-state index contributed by atoms with van der Waals surface area (Å²) in [5.74, 6) is -0.225. The average molecular weight is 293 g/mol. The Morgan fingerprint density at radius 2 is 2.05 bits per heavy atom. The van der Waals surface area contributed by atoms with Gasteiger partial charge in [0.25, 0.3) is 5.91 Å². The molecule has 0 radical (unpaired) electrons. The zero-order valence-corrected chi connectivity index (χ0v) is 12.9. The molecular formula is C18H19N3O. The lowest BCUT2D eigenvalue weighted by Crippen LogP contribution is -2.22. The van der Waals surface area contributed by atoms with Crippen LogP contribution in [0.5, 0.6) is 0 Å². The number of rotatable bonds is 2. The van der Waals surface area contributed by atoms with Crippen LogP contribution in [0.3, 0.4) is 0 Å². The number of hydrogen-bond donors (Lipinski definition) is 1. The van der Waals surface area contributed by atoms with Crippen molar-refractivity contribution in [1.29, 1.82) is 0 Å². The smallest absolute Gasteiger partial charge is 0.267 e. The average Bonchev–Trinajstić information content (AvgIpc) is 2.54. The molecule has 22 heavy (non-hydrogen) atoms. The maximum Gasteiger partial charge on any atom is 0.272 e. The van der Waals surface area contributed by atoms with Crippen LogP contribution in [0.15, 0.2) is 41.8 Å². The fourth-order valence-electron chi connectivity index (χ4n) is 2.73. The number of nitrogens with zero attached hydrogens (tertiary/aromatic N) is 2. The number of aromatic nitrogens is 1. The molecule has 2 aromatic rings. The van der Waals surface area contributed by atoms with Gasteiger partial charge in [0.15, 0.2) is 0 Å². The number of amides is 1. The largest absolute Gasteiger partial charge is 0.272 e. The van der Waals surface area contributed by atoms with E-state index in [1.165, 1.54) is 28.5 Å². The van der Waals surface area contributed by atoms with E-state index in [0.717, 1.165) is 25.0 Å². The standard InChI is InChI=1S/C18H19N3O/c1-12-9-14-5-3-7-17(16(14)10-13(12)2)20-21-18(22)15-6-4-8-19-11-15/h4,6,8-11H,3,5,7H2,1-2H3,(H,21,22). The van der Waals surface area contributed by atoms with E-state index in [1.54, 1.807) is 18.3 Å². The number of nitrogens with one attached hydrogen (secondary N) is 1. The fourth-order valence-corrected chi connectivity index (χ4v) is 2.73. The highest BCUT2D eigenvalue weighted by Crippen LogP contribution is 2.24. The van der Waals surface area contributed by atoms with Gasteiger partial charge in [0.05, 0.1) is 11.3 Å². The van der Waals surface area contributed by atoms with E-state index in [2.05, 4.69) is 41.5 Å². The molecule has 1 aliphatic rings. The topological polar surface area (TPSA) is 54.4 Å². The summed E-state index contributed by atoms with van der Waals surface area (Å²) >= 11 is 0. The Bertz CT molecular complexity index is 735. The third-order valence-corrected chi connectivity index (χ3v) is 4.11. The number of carbonyl (C=O) groups is 1. The van der Waals surface area contributed by atoms with Crippen LogP contribution in [0.4, 0.5) is 0 Å². The monoisotopic (exact) mass is 293 g/mol. The highest BCUT2D eigenvalue weighted by Gasteiger charge is 2.17. The molecule has 0 fully saturated rings. The molecular weight excluding hydrogens is 274 g/mol. The summed E-state index contributed by atoms with van der Waals surface area (Å²) in [6.07, 6.45) is 6.22. The lowest BCUT2D eigenvalue weighted by atomic mass is 9.87. The van der Waals surface area contributed by atoms with Gasteiger partial charge in [0.2, 0.25) is 0 Å². The van der Waals surface area contributed by atoms with Gasteiger partial charge in [0, 0.05) is 18.0 Å². The van der Waals surface area contributed by atoms with Crippen molar-refractivity contribution in [3.63, 3.8) is 0 Å². The lowest BCUT2D eigenvalue weighted by molar-refractivity contribution is 0.0954. The number of hydrazone groups is 1. The van der Waals surface area contributed by atoms with Gasteiger partial charge >= 0.3 is 0 Å². The molecule has 0 spiro atoms. The summed E-state index contributed by atoms with van der Waals surface area (Å²) in [7, 11) is 0. The van der Waals surface area contributed by atoms with Crippen LogP contribution in [-0.4, -0.2) is 16.6 Å². The first-order chi connectivity index (χ1) is 10.6. The zero-order chi connectivity index (χ0) is 15.5. The molecule has 0 atom stereocenters. The van der Waals surface area contributed by atoms with Gasteiger partial charge in [-0.15, -0.1) is 0 Å². The quantitative estimate of drug-likeness (QED) is 0.865. The van der Waals surface area contributed by atoms with Crippen molar-refractivity contribution in [2.45, 2.75) is 33.1 Å². The Balaban J connectivity index is 1.85. The number of pyridine rings is 1. The SMILES string of the molecule is Cc1cc2c(cc1C)C(=NNC(=O)c1cccnc1)CCC2. The molecule has 1 N–H and O–H groups in total. The van der Waals surface area contributed by atoms with E-state index >= 15 is 0 Å². The number of aryl methyl sites for hydroxylation is 3. The molecule has 0 aliphatic heterocycles. The van der Waals surface area contributed by atoms with Gasteiger partial charge in [-0.05, 0) is 68.0 Å². The molecule has 1 aromatic carbocycles. The highest BCUT2D eigenvalue weighted by atomic mass is 16.2. The fraction of sp³-hybridized carbons (Fsp3) is 0.278. The van der Waals surface area contributed by atoms with Crippen molar-refractivity contribution in [3.8, 4) is 0 Å². The normalized spacial score (nSPS) is 15.5. The summed E-state index contributed by atoms with van der Waals surface area (Å²) in [6, 6.07) is 7.89. The van der Waals surface area contributed by atoms with Gasteiger partial charge in [0.1, 0.15) is 0 Å². The van der Waals surface area contributed by atoms with Crippen molar-refractivity contribution in [1.82, 2.24) is 10.4 Å². The van der Waals surface area contributed by atoms with E-state index < -0.39 is 0 Å². The Morgan fingerprint density at radius 1 is 1.23 bits per heavy atom. The molecule has 0 unspecified atom stereocenters. The maximum absolute atomic E-state index is 12.1. The predicted molar refractivity (Wildman–Crippen MR) is 87.1 cm³/mol. The highest BCUT2D eigenvalue weighted by molar-refractivity contribution is 6.04. The van der Waals surface area contributed by atoms with Gasteiger partial charge in [-0.2, -0.15) is 5.10 Å². The Kier molecular flexibility index (Phi) is 4.00. The van der Waals surface area contributed by atoms with Crippen LogP contribution in [0.1, 0.15) is 45.5 Å². The van der Waals surface area contributed by atoms with Crippen molar-refractivity contribution >= 4 is 11.6 Å². The molecule has 1 heterocycles. The van der Waals surface area contributed by atoms with Gasteiger partial charge in [-0.25, -0.2) is 5.43 Å². The van der Waals surface area contributed by atoms with Crippen molar-refractivity contribution in [2.24, 2.45) is 5.10 Å². The number of fused-ring (bicyclic) bond motifs is 1. The Labute approximate surface area is 130 Å². The van der Waals surface area contributed by atoms with Crippen LogP contribution in [-0.2, 0) is 6.42 Å². The summed E-state index contributed by atoms with van der Waals surface area (Å²) in [5.41, 5.74) is 9.18. The first kappa shape index (κ1) is 14.4. The molecule has 1 amide bonds. The van der Waals surface area contributed by atoms with Crippen LogP contribution in [0.25, 0.3) is 0 Å². The summed E-state index contributed by atoms with van der Waals surface area (Å²) in [4.78, 5) is 16.0. The van der Waals surface area contributed by atoms with Crippen LogP contribution in [0.2, 0.25) is 0 Å². The van der Waals surface area contributed by atoms with E-state index in [9.17, 15) is 4.79 Å². The minimum absolute atomic E-state index is 0.225. The lowest BCUT2D eigenvalue weighted by Gasteiger charge is -2.19. The molecule has 4 heteroatoms. The minimum Gasteiger partial charge on any atom is -0.267 e. The first-order valence-corrected chi connectivity index (χ1v) is 7.52. The van der Waals surface area contributed by atoms with Crippen molar-refractivity contribution in [3.05, 3.63) is 64.5 Å². The van der Waals surface area contributed by atoms with E-state index in [-0.39, 0.29) is 5.91 Å². The molecule has 1 aromatic heterocycles. The third kappa shape index (κ3) is 2.91. The second-order valence-electron chi connectivity index (χ2n) is 5.69. The van der Waals surface area contributed by atoms with Gasteiger partial charge < -0.3 is 0 Å². The van der Waals surface area contributed by atoms with Crippen LogP contribution in [0, 0.1) is 13.8 Å². The molecule has 0 saturated carbocycles. The summed E-state index contributed by atoms with van der Waals surface area (Å²) < 4.78 is 0. The Morgan fingerprint density at radius 3 is 2.82 bits per heavy atom. The molecule has 0 saturated heterocycles. The minimum atomic E-state index is -0.225. The maximum atomic E-state index is 12.1. The zero-order valence-electron chi connectivity index (χ0n) is 12.9. The summed E-state index contributed by atoms with van der Waals surface area (Å²) in [5, 5.41) is 4.36. The molecule has 0 bridgehead atoms. The van der Waals surface area contributed by atoms with E-state index in [1.807, 2.05) is 0 Å². The third-order valence-electron chi connectivity index (χ3n) is 4.11. The van der Waals surface area contributed by atoms with Gasteiger partial charge in [-0.3, -0.25) is 9.78 Å². The number of hydrogen-bond acceptors (Lipinski definition) is 3. The van der Waals surface area contributed by atoms with Crippen LogP contribution < -0.4 is 5.43 Å². The Hall–Kier alpha value is -2.49. The predicted octanol–water partition coefficient (Wildman–Crippen LogP) is 3.17. The second-order valence-corrected chi connectivity index (χ2v) is 5.69. The summed E-state index contributed by atoms with van der Waals surface area (Å²) in [6.45, 7) is 4.24. The number of carbonyl (C=O) groups excluding carboxylic acids is 1. The van der Waals surface area contributed by atoms with E-state index in [4.69, 9.17) is 0 Å². The molecule has 112 valence electrons. The van der Waals surface area contributed by atoms with Crippen molar-refractivity contribution < 1.29 is 4.79 Å². The second kappa shape index (κ2) is 6.10. The van der Waals surface area contributed by atoms with Crippen LogP contribution >= 0.6 is 0 Å². The van der Waals surface area contributed by atoms with Crippen molar-refractivity contribution in [2.75, 3.05) is 0 Å². The molecule has 3 rings (SSSR count). The first-order valence-electron chi connectivity index (χ1n) is 7.52. The molecule has 1 aliphatic carbocycles. The number of benzene rings is 1. The molecule has 4 nitrogen and oxygen atoms in total. The van der Waals surface area contributed by atoms with E-state index in [0.29, 0.717) is 5.56 Å². The van der Waals surface area contributed by atoms with Gasteiger partial charge in [-0.1, -0.05) is 6.07 Å².